The molecule has 66 valence electrons. The van der Waals surface area contributed by atoms with E-state index in [1.54, 1.807) is 22.9 Å². The Kier molecular flexibility index (Phi) is 1.70. The molecule has 0 radical (unpaired) electrons. The van der Waals surface area contributed by atoms with Crippen LogP contribution in [-0.2, 0) is 4.74 Å². The normalized spacial score (nSPS) is 10.2. The first-order chi connectivity index (χ1) is 6.31. The van der Waals surface area contributed by atoms with Gasteiger partial charge in [-0.3, -0.25) is 4.40 Å². The van der Waals surface area contributed by atoms with Crippen LogP contribution in [0.2, 0.25) is 0 Å². The van der Waals surface area contributed by atoms with Gasteiger partial charge in [-0.05, 0) is 0 Å². The van der Waals surface area contributed by atoms with Gasteiger partial charge in [0.15, 0.2) is 5.69 Å². The van der Waals surface area contributed by atoms with E-state index in [0.717, 1.165) is 0 Å². The lowest BCUT2D eigenvalue weighted by Crippen LogP contribution is -2.04. The number of hydrogen-bond acceptors (Lipinski definition) is 4. The van der Waals surface area contributed by atoms with Gasteiger partial charge in [0.1, 0.15) is 12.0 Å². The maximum Gasteiger partial charge on any atom is 0.356 e. The second-order valence-corrected chi connectivity index (χ2v) is 2.46. The summed E-state index contributed by atoms with van der Waals surface area (Å²) in [6.45, 7) is 0. The molecule has 0 aliphatic heterocycles. The highest BCUT2D eigenvalue weighted by molar-refractivity contribution is 5.88. The molecule has 13 heavy (non-hydrogen) atoms. The zero-order valence-electron chi connectivity index (χ0n) is 6.97. The van der Waals surface area contributed by atoms with Crippen molar-refractivity contribution in [3.8, 4) is 0 Å². The Labute approximate surface area is 74.0 Å². The van der Waals surface area contributed by atoms with E-state index in [2.05, 4.69) is 14.7 Å². The minimum atomic E-state index is -0.453. The SMILES string of the molecule is COC(=O)c1cc2nccn2cn1. The van der Waals surface area contributed by atoms with Gasteiger partial charge in [0.2, 0.25) is 0 Å². The van der Waals surface area contributed by atoms with E-state index in [0.29, 0.717) is 5.65 Å². The monoisotopic (exact) mass is 177 g/mol. The largest absolute Gasteiger partial charge is 0.464 e. The zero-order valence-corrected chi connectivity index (χ0v) is 6.97. The second kappa shape index (κ2) is 2.85. The number of fused-ring (bicyclic) bond motifs is 1. The van der Waals surface area contributed by atoms with Gasteiger partial charge in [0.05, 0.1) is 7.11 Å². The maximum atomic E-state index is 11.1. The Bertz CT molecular complexity index is 449. The fourth-order valence-corrected chi connectivity index (χ4v) is 1.03. The summed E-state index contributed by atoms with van der Waals surface area (Å²) in [7, 11) is 1.32. The number of methoxy groups -OCH3 is 1. The summed E-state index contributed by atoms with van der Waals surface area (Å²) in [5, 5.41) is 0. The molecule has 0 aromatic carbocycles. The molecule has 0 aliphatic carbocycles. The fraction of sp³-hybridized carbons (Fsp3) is 0.125. The summed E-state index contributed by atoms with van der Waals surface area (Å²) < 4.78 is 6.24. The van der Waals surface area contributed by atoms with E-state index >= 15 is 0 Å². The fourth-order valence-electron chi connectivity index (χ4n) is 1.03. The summed E-state index contributed by atoms with van der Waals surface area (Å²) in [5.41, 5.74) is 0.941. The molecule has 0 saturated heterocycles. The van der Waals surface area contributed by atoms with Crippen molar-refractivity contribution in [3.63, 3.8) is 0 Å². The lowest BCUT2D eigenvalue weighted by atomic mass is 10.4. The van der Waals surface area contributed by atoms with Crippen molar-refractivity contribution >= 4 is 11.6 Å². The molecule has 5 heteroatoms. The van der Waals surface area contributed by atoms with Gasteiger partial charge in [0, 0.05) is 18.5 Å². The van der Waals surface area contributed by atoms with Crippen molar-refractivity contribution in [2.75, 3.05) is 7.11 Å². The number of carbonyl (C=O) groups excluding carboxylic acids is 1. The standard InChI is InChI=1S/C8H7N3O2/c1-13-8(12)6-4-7-9-2-3-11(7)5-10-6/h2-5H,1H3. The molecule has 0 spiro atoms. The predicted octanol–water partition coefficient (Wildman–Crippen LogP) is 0.516. The van der Waals surface area contributed by atoms with Crippen LogP contribution in [0.5, 0.6) is 0 Å². The Balaban J connectivity index is 2.54. The summed E-state index contributed by atoms with van der Waals surface area (Å²) in [6, 6.07) is 1.58. The maximum absolute atomic E-state index is 11.1. The number of carbonyl (C=O) groups is 1. The lowest BCUT2D eigenvalue weighted by molar-refractivity contribution is 0.0594. The Morgan fingerprint density at radius 1 is 1.54 bits per heavy atom. The molecule has 5 nitrogen and oxygen atoms in total. The zero-order chi connectivity index (χ0) is 9.26. The molecular weight excluding hydrogens is 170 g/mol. The quantitative estimate of drug-likeness (QED) is 0.596. The van der Waals surface area contributed by atoms with E-state index in [1.165, 1.54) is 13.4 Å². The van der Waals surface area contributed by atoms with Crippen LogP contribution in [0.25, 0.3) is 5.65 Å². The molecular formula is C8H7N3O2. The van der Waals surface area contributed by atoms with Crippen molar-refractivity contribution in [2.45, 2.75) is 0 Å². The van der Waals surface area contributed by atoms with E-state index in [-0.39, 0.29) is 5.69 Å². The van der Waals surface area contributed by atoms with E-state index in [4.69, 9.17) is 0 Å². The first-order valence-electron chi connectivity index (χ1n) is 3.68. The van der Waals surface area contributed by atoms with Crippen LogP contribution >= 0.6 is 0 Å². The predicted molar refractivity (Wildman–Crippen MR) is 44.3 cm³/mol. The molecule has 2 heterocycles. The van der Waals surface area contributed by atoms with Crippen molar-refractivity contribution in [1.82, 2.24) is 14.4 Å². The Morgan fingerprint density at radius 2 is 2.38 bits per heavy atom. The number of nitrogens with zero attached hydrogens (tertiary/aromatic N) is 3. The Hall–Kier alpha value is -1.91. The van der Waals surface area contributed by atoms with Crippen molar-refractivity contribution in [3.05, 3.63) is 30.5 Å². The van der Waals surface area contributed by atoms with Crippen molar-refractivity contribution in [2.24, 2.45) is 0 Å². The highest BCUT2D eigenvalue weighted by atomic mass is 16.5. The molecule has 2 rings (SSSR count). The third-order valence-corrected chi connectivity index (χ3v) is 1.68. The lowest BCUT2D eigenvalue weighted by Gasteiger charge is -1.97. The van der Waals surface area contributed by atoms with Crippen molar-refractivity contribution in [1.29, 1.82) is 0 Å². The molecule has 0 amide bonds. The highest BCUT2D eigenvalue weighted by Crippen LogP contribution is 2.02. The van der Waals surface area contributed by atoms with Crippen molar-refractivity contribution < 1.29 is 9.53 Å². The van der Waals surface area contributed by atoms with Crippen LogP contribution < -0.4 is 0 Å². The number of aromatic nitrogens is 3. The molecule has 0 aliphatic rings. The Morgan fingerprint density at radius 3 is 3.15 bits per heavy atom. The average Bonchev–Trinajstić information content (AvgIpc) is 2.63. The molecule has 2 aromatic rings. The van der Waals surface area contributed by atoms with Gasteiger partial charge in [-0.1, -0.05) is 0 Å². The van der Waals surface area contributed by atoms with Gasteiger partial charge >= 0.3 is 5.97 Å². The molecule has 0 N–H and O–H groups in total. The minimum absolute atomic E-state index is 0.265. The third kappa shape index (κ3) is 1.24. The average molecular weight is 177 g/mol. The number of hydrogen-bond donors (Lipinski definition) is 0. The second-order valence-electron chi connectivity index (χ2n) is 2.46. The number of imidazole rings is 1. The van der Waals surface area contributed by atoms with Gasteiger partial charge in [-0.25, -0.2) is 14.8 Å². The van der Waals surface area contributed by atoms with E-state index in [1.807, 2.05) is 0 Å². The first-order valence-corrected chi connectivity index (χ1v) is 3.68. The number of esters is 1. The first kappa shape index (κ1) is 7.72. The molecule has 0 saturated carbocycles. The van der Waals surface area contributed by atoms with Gasteiger partial charge in [-0.2, -0.15) is 0 Å². The van der Waals surface area contributed by atoms with Gasteiger partial charge in [0.25, 0.3) is 0 Å². The molecule has 0 unspecified atom stereocenters. The number of ether oxygens (including phenoxy) is 1. The van der Waals surface area contributed by atoms with Crippen LogP contribution in [0.4, 0.5) is 0 Å². The molecule has 0 fully saturated rings. The molecule has 0 bridgehead atoms. The summed E-state index contributed by atoms with van der Waals surface area (Å²) in [5.74, 6) is -0.453. The van der Waals surface area contributed by atoms with E-state index in [9.17, 15) is 4.79 Å². The van der Waals surface area contributed by atoms with E-state index < -0.39 is 5.97 Å². The topological polar surface area (TPSA) is 56.5 Å². The van der Waals surface area contributed by atoms with Crippen LogP contribution in [0.1, 0.15) is 10.5 Å². The van der Waals surface area contributed by atoms with Gasteiger partial charge < -0.3 is 4.74 Å². The van der Waals surface area contributed by atoms with Crippen LogP contribution in [0, 0.1) is 0 Å². The minimum Gasteiger partial charge on any atom is -0.464 e. The summed E-state index contributed by atoms with van der Waals surface area (Å²) >= 11 is 0. The van der Waals surface area contributed by atoms with Gasteiger partial charge in [-0.15, -0.1) is 0 Å². The summed E-state index contributed by atoms with van der Waals surface area (Å²) in [6.07, 6.45) is 4.91. The molecule has 0 atom stereocenters. The van der Waals surface area contributed by atoms with Crippen LogP contribution in [0.3, 0.4) is 0 Å². The number of rotatable bonds is 1. The van der Waals surface area contributed by atoms with Crippen LogP contribution in [-0.4, -0.2) is 27.4 Å². The molecule has 2 aromatic heterocycles. The van der Waals surface area contributed by atoms with Crippen LogP contribution in [0.15, 0.2) is 24.8 Å². The summed E-state index contributed by atoms with van der Waals surface area (Å²) in [4.78, 5) is 19.0. The highest BCUT2D eigenvalue weighted by Gasteiger charge is 2.07. The third-order valence-electron chi connectivity index (χ3n) is 1.68. The smallest absolute Gasteiger partial charge is 0.356 e.